The highest BCUT2D eigenvalue weighted by Crippen LogP contribution is 2.28. The molecule has 1 saturated heterocycles. The first kappa shape index (κ1) is 24.8. The summed E-state index contributed by atoms with van der Waals surface area (Å²) in [4.78, 5) is 15.7. The summed E-state index contributed by atoms with van der Waals surface area (Å²) in [7, 11) is 0. The lowest BCUT2D eigenvalue weighted by Gasteiger charge is -2.17. The van der Waals surface area contributed by atoms with E-state index in [2.05, 4.69) is 10.2 Å². The van der Waals surface area contributed by atoms with E-state index in [-0.39, 0.29) is 5.56 Å². The van der Waals surface area contributed by atoms with Crippen LogP contribution in [0.15, 0.2) is 70.0 Å². The van der Waals surface area contributed by atoms with Crippen molar-refractivity contribution in [2.45, 2.75) is 26.7 Å². The minimum absolute atomic E-state index is 0.171. The van der Waals surface area contributed by atoms with E-state index in [1.54, 1.807) is 29.0 Å². The molecule has 0 radical (unpaired) electrons. The summed E-state index contributed by atoms with van der Waals surface area (Å²) in [5.41, 5.74) is 3.52. The van der Waals surface area contributed by atoms with E-state index in [9.17, 15) is 4.79 Å². The number of anilines is 1. The molecule has 0 aliphatic carbocycles. The van der Waals surface area contributed by atoms with Crippen molar-refractivity contribution in [2.75, 3.05) is 31.5 Å². The van der Waals surface area contributed by atoms with Crippen LogP contribution in [0.2, 0.25) is 5.02 Å². The second-order valence-corrected chi connectivity index (χ2v) is 8.72. The number of nitrogens with zero attached hydrogens (tertiary/aromatic N) is 2. The highest BCUT2D eigenvalue weighted by molar-refractivity contribution is 6.30. The molecule has 0 atom stereocenters. The smallest absolute Gasteiger partial charge is 0.266 e. The van der Waals surface area contributed by atoms with Crippen molar-refractivity contribution in [3.63, 3.8) is 0 Å². The molecule has 0 spiro atoms. The molecule has 1 fully saturated rings. The van der Waals surface area contributed by atoms with Crippen molar-refractivity contribution < 1.29 is 4.42 Å². The molecule has 6 nitrogen and oxygen atoms in total. The van der Waals surface area contributed by atoms with Crippen LogP contribution in [0.5, 0.6) is 0 Å². The van der Waals surface area contributed by atoms with Gasteiger partial charge in [-0.05, 0) is 68.4 Å². The molecule has 0 saturated carbocycles. The number of aromatic nitrogens is 1. The number of nitrogens with one attached hydrogen (secondary N) is 2. The van der Waals surface area contributed by atoms with E-state index >= 15 is 0 Å². The summed E-state index contributed by atoms with van der Waals surface area (Å²) in [6.45, 7) is 8.14. The molecule has 2 aromatic carbocycles. The van der Waals surface area contributed by atoms with E-state index in [0.29, 0.717) is 27.4 Å². The Morgan fingerprint density at radius 1 is 1.09 bits per heavy atom. The number of rotatable bonds is 7. The van der Waals surface area contributed by atoms with Gasteiger partial charge in [-0.2, -0.15) is 0 Å². The van der Waals surface area contributed by atoms with E-state index < -0.39 is 0 Å². The fourth-order valence-electron chi connectivity index (χ4n) is 4.36. The maximum Gasteiger partial charge on any atom is 0.266 e. The number of halogens is 1. The van der Waals surface area contributed by atoms with Crippen molar-refractivity contribution in [3.05, 3.63) is 81.7 Å². The Bertz CT molecular complexity index is 1370. The molecule has 0 amide bonds. The maximum absolute atomic E-state index is 13.2. The number of benzene rings is 2. The van der Waals surface area contributed by atoms with Gasteiger partial charge in [0.25, 0.3) is 5.56 Å². The van der Waals surface area contributed by atoms with Crippen LogP contribution >= 0.6 is 11.6 Å². The zero-order chi connectivity index (χ0) is 24.8. The molecule has 1 aliphatic heterocycles. The third-order valence-electron chi connectivity index (χ3n) is 6.11. The monoisotopic (exact) mass is 490 g/mol. The summed E-state index contributed by atoms with van der Waals surface area (Å²) >= 11 is 6.10. The Balaban J connectivity index is 0.00000141. The molecule has 0 bridgehead atoms. The predicted molar refractivity (Wildman–Crippen MR) is 146 cm³/mol. The van der Waals surface area contributed by atoms with Crippen LogP contribution in [0.1, 0.15) is 32.3 Å². The molecule has 0 unspecified atom stereocenters. The van der Waals surface area contributed by atoms with E-state index in [0.717, 1.165) is 43.0 Å². The van der Waals surface area contributed by atoms with Crippen LogP contribution in [0, 0.1) is 5.41 Å². The summed E-state index contributed by atoms with van der Waals surface area (Å²) in [6, 6.07) is 16.6. The Hall–Kier alpha value is -3.35. The Morgan fingerprint density at radius 3 is 2.63 bits per heavy atom. The normalized spacial score (nSPS) is 13.5. The van der Waals surface area contributed by atoms with Gasteiger partial charge in [-0.1, -0.05) is 37.6 Å². The van der Waals surface area contributed by atoms with Gasteiger partial charge in [-0.15, -0.1) is 0 Å². The van der Waals surface area contributed by atoms with E-state index in [1.807, 2.05) is 50.2 Å². The van der Waals surface area contributed by atoms with Gasteiger partial charge in [0.2, 0.25) is 0 Å². The van der Waals surface area contributed by atoms with Crippen LogP contribution in [-0.4, -0.2) is 41.9 Å². The van der Waals surface area contributed by atoms with Gasteiger partial charge < -0.3 is 20.0 Å². The molecule has 2 aromatic heterocycles. The molecule has 3 heterocycles. The molecular weight excluding hydrogens is 460 g/mol. The lowest BCUT2D eigenvalue weighted by atomic mass is 10.1. The van der Waals surface area contributed by atoms with Gasteiger partial charge in [0.1, 0.15) is 11.3 Å². The summed E-state index contributed by atoms with van der Waals surface area (Å²) in [5, 5.41) is 12.4. The molecule has 2 N–H and O–H groups in total. The topological polar surface area (TPSA) is 74.3 Å². The zero-order valence-corrected chi connectivity index (χ0v) is 20.9. The van der Waals surface area contributed by atoms with Gasteiger partial charge >= 0.3 is 0 Å². The average Bonchev–Trinajstić information content (AvgIpc) is 3.56. The van der Waals surface area contributed by atoms with Crippen LogP contribution in [0.4, 0.5) is 5.69 Å². The summed E-state index contributed by atoms with van der Waals surface area (Å²) in [5.74, 6) is 0.597. The highest BCUT2D eigenvalue weighted by Gasteiger charge is 2.14. The molecule has 182 valence electrons. The van der Waals surface area contributed by atoms with Crippen LogP contribution in [0.3, 0.4) is 0 Å². The van der Waals surface area contributed by atoms with E-state index in [4.69, 9.17) is 21.4 Å². The largest absolute Gasteiger partial charge is 0.456 e. The maximum atomic E-state index is 13.2. The lowest BCUT2D eigenvalue weighted by Crippen LogP contribution is -2.26. The van der Waals surface area contributed by atoms with Gasteiger partial charge in [-0.3, -0.25) is 9.36 Å². The second-order valence-electron chi connectivity index (χ2n) is 8.28. The van der Waals surface area contributed by atoms with Gasteiger partial charge in [0, 0.05) is 53.0 Å². The fourth-order valence-corrected chi connectivity index (χ4v) is 4.55. The molecular formula is C28H31ClN4O2. The molecule has 35 heavy (non-hydrogen) atoms. The van der Waals surface area contributed by atoms with Crippen molar-refractivity contribution in [3.8, 4) is 17.0 Å². The minimum Gasteiger partial charge on any atom is -0.456 e. The predicted octanol–water partition coefficient (Wildman–Crippen LogP) is 6.44. The number of hydrogen-bond donors (Lipinski definition) is 2. The minimum atomic E-state index is -0.171. The van der Waals surface area contributed by atoms with Crippen molar-refractivity contribution >= 4 is 34.5 Å². The number of likely N-dealkylation sites (tertiary alicyclic amines) is 1. The van der Waals surface area contributed by atoms with Crippen molar-refractivity contribution in [2.24, 2.45) is 0 Å². The van der Waals surface area contributed by atoms with E-state index in [1.165, 1.54) is 19.1 Å². The Morgan fingerprint density at radius 2 is 1.89 bits per heavy atom. The summed E-state index contributed by atoms with van der Waals surface area (Å²) < 4.78 is 7.49. The third kappa shape index (κ3) is 5.50. The van der Waals surface area contributed by atoms with Crippen molar-refractivity contribution in [1.82, 2.24) is 9.47 Å². The number of furan rings is 1. The molecule has 4 aromatic rings. The van der Waals surface area contributed by atoms with Crippen LogP contribution in [-0.2, 0) is 0 Å². The van der Waals surface area contributed by atoms with Crippen molar-refractivity contribution in [1.29, 1.82) is 5.41 Å². The third-order valence-corrected chi connectivity index (χ3v) is 6.34. The molecule has 1 aliphatic rings. The molecule has 7 heteroatoms. The molecule has 5 rings (SSSR count). The Kier molecular flexibility index (Phi) is 8.06. The quantitative estimate of drug-likeness (QED) is 0.292. The first-order valence-corrected chi connectivity index (χ1v) is 12.5. The van der Waals surface area contributed by atoms with Gasteiger partial charge in [-0.25, -0.2) is 0 Å². The number of pyridine rings is 1. The first-order chi connectivity index (χ1) is 17.1. The SMILES string of the molecule is CC.N=Cc1cc(-n2ccc3oc(-c4cccc(Cl)c4)cc3c2=O)ccc1NCCN1CCCC1. The standard InChI is InChI=1S/C26H25ClN4O2.C2H6/c27-20-5-3-4-18(14-20)25-16-22-24(33-25)8-12-31(26(22)32)21-6-7-23(19(15-21)17-28)29-9-13-30-10-1-2-11-30;1-2/h3-8,12,14-17,28-29H,1-2,9-11,13H2;1-2H3. The zero-order valence-electron chi connectivity index (χ0n) is 20.2. The number of fused-ring (bicyclic) bond motifs is 1. The second kappa shape index (κ2) is 11.4. The first-order valence-electron chi connectivity index (χ1n) is 12.1. The highest BCUT2D eigenvalue weighted by atomic mass is 35.5. The van der Waals surface area contributed by atoms with Gasteiger partial charge in [0.15, 0.2) is 0 Å². The lowest BCUT2D eigenvalue weighted by molar-refractivity contribution is 0.352. The van der Waals surface area contributed by atoms with Crippen LogP contribution in [0.25, 0.3) is 28.0 Å². The summed E-state index contributed by atoms with van der Waals surface area (Å²) in [6.07, 6.45) is 5.58. The number of hydrogen-bond acceptors (Lipinski definition) is 5. The van der Waals surface area contributed by atoms with Gasteiger partial charge in [0.05, 0.1) is 5.39 Å². The fraction of sp³-hybridized carbons (Fsp3) is 0.286. The average molecular weight is 491 g/mol. The Labute approximate surface area is 210 Å². The van der Waals surface area contributed by atoms with Crippen LogP contribution < -0.4 is 10.9 Å².